The van der Waals surface area contributed by atoms with Gasteiger partial charge < -0.3 is 4.74 Å². The molecule has 5 rings (SSSR count). The first kappa shape index (κ1) is 14.0. The molecule has 0 aromatic heterocycles. The molecule has 0 N–H and O–H groups in total. The van der Waals surface area contributed by atoms with Crippen LogP contribution in [0.3, 0.4) is 0 Å². The zero-order valence-corrected chi connectivity index (χ0v) is 13.7. The normalized spacial score (nSPS) is 13.7. The minimum Gasteiger partial charge on any atom is -0.489 e. The van der Waals surface area contributed by atoms with Crippen LogP contribution in [0.4, 0.5) is 0 Å². The van der Waals surface area contributed by atoms with Crippen molar-refractivity contribution < 1.29 is 4.74 Å². The molecule has 3 aromatic carbocycles. The molecule has 2 heterocycles. The average molecular weight is 312 g/mol. The quantitative estimate of drug-likeness (QED) is 0.564. The van der Waals surface area contributed by atoms with E-state index in [0.29, 0.717) is 6.61 Å². The maximum absolute atomic E-state index is 5.54. The molecule has 110 valence electrons. The van der Waals surface area contributed by atoms with Crippen molar-refractivity contribution in [3.63, 3.8) is 0 Å². The van der Waals surface area contributed by atoms with Crippen LogP contribution in [-0.2, 0) is 0 Å². The standard InChI is InChI=1S/C13H10O.C8H6Si/c1-2-5-11-10(4-1)7-8-13-12(11)6-3-9-14-13;1-2-4-8-7(3-1)5-6-9-8/h1-8H,9H2;1-6H. The Hall–Kier alpha value is -2.58. The van der Waals surface area contributed by atoms with Crippen LogP contribution in [0.1, 0.15) is 11.1 Å². The van der Waals surface area contributed by atoms with Crippen molar-refractivity contribution in [1.82, 2.24) is 0 Å². The summed E-state index contributed by atoms with van der Waals surface area (Å²) in [5, 5.41) is 4.01. The van der Waals surface area contributed by atoms with Gasteiger partial charge in [-0.1, -0.05) is 77.6 Å². The monoisotopic (exact) mass is 312 g/mol. The molecule has 1 nitrogen and oxygen atoms in total. The fourth-order valence-corrected chi connectivity index (χ4v) is 3.84. The maximum atomic E-state index is 5.54. The van der Waals surface area contributed by atoms with E-state index in [1.54, 1.807) is 0 Å². The second kappa shape index (κ2) is 6.27. The smallest absolute Gasteiger partial charge is 0.127 e. The van der Waals surface area contributed by atoms with E-state index in [-0.39, 0.29) is 0 Å². The van der Waals surface area contributed by atoms with Gasteiger partial charge in [-0.3, -0.25) is 0 Å². The molecule has 0 fully saturated rings. The highest BCUT2D eigenvalue weighted by Gasteiger charge is 2.08. The molecule has 23 heavy (non-hydrogen) atoms. The third-order valence-corrected chi connectivity index (χ3v) is 5.11. The van der Waals surface area contributed by atoms with Crippen LogP contribution in [0.2, 0.25) is 0 Å². The predicted molar refractivity (Wildman–Crippen MR) is 99.3 cm³/mol. The highest BCUT2D eigenvalue weighted by Crippen LogP contribution is 2.31. The lowest BCUT2D eigenvalue weighted by Gasteiger charge is -2.14. The van der Waals surface area contributed by atoms with Gasteiger partial charge in [0.05, 0.1) is 0 Å². The molecular weight excluding hydrogens is 296 g/mol. The van der Waals surface area contributed by atoms with E-state index >= 15 is 0 Å². The molecule has 0 unspecified atom stereocenters. The number of hydrogen-bond donors (Lipinski definition) is 0. The fraction of sp³-hybridized carbons (Fsp3) is 0.0476. The Bertz CT molecular complexity index is 909. The summed E-state index contributed by atoms with van der Waals surface area (Å²) < 4.78 is 5.54. The van der Waals surface area contributed by atoms with Crippen molar-refractivity contribution in [2.75, 3.05) is 6.61 Å². The Balaban J connectivity index is 0.000000130. The molecule has 2 heteroatoms. The maximum Gasteiger partial charge on any atom is 0.127 e. The Labute approximate surface area is 138 Å². The van der Waals surface area contributed by atoms with Crippen LogP contribution < -0.4 is 9.92 Å². The lowest BCUT2D eigenvalue weighted by Crippen LogP contribution is -2.09. The molecule has 2 aliphatic rings. The van der Waals surface area contributed by atoms with Gasteiger partial charge in [-0.25, -0.2) is 0 Å². The van der Waals surface area contributed by atoms with Crippen molar-refractivity contribution >= 4 is 37.6 Å². The number of benzene rings is 3. The van der Waals surface area contributed by atoms with Gasteiger partial charge >= 0.3 is 0 Å². The summed E-state index contributed by atoms with van der Waals surface area (Å²) in [5.41, 5.74) is 4.83. The largest absolute Gasteiger partial charge is 0.489 e. The number of fused-ring (bicyclic) bond motifs is 4. The Morgan fingerprint density at radius 3 is 2.65 bits per heavy atom. The minimum atomic E-state index is 0.686. The first-order chi connectivity index (χ1) is 11.4. The Kier molecular flexibility index (Phi) is 3.83. The average Bonchev–Trinajstić information content (AvgIpc) is 3.11. The van der Waals surface area contributed by atoms with Crippen molar-refractivity contribution in [2.24, 2.45) is 0 Å². The summed E-state index contributed by atoms with van der Waals surface area (Å²) in [6, 6.07) is 21.0. The molecule has 0 saturated carbocycles. The van der Waals surface area contributed by atoms with Gasteiger partial charge in [0.15, 0.2) is 0 Å². The lowest BCUT2D eigenvalue weighted by molar-refractivity contribution is 0.359. The first-order valence-corrected chi connectivity index (χ1v) is 8.83. The Morgan fingerprint density at radius 2 is 1.70 bits per heavy atom. The molecule has 0 saturated heterocycles. The topological polar surface area (TPSA) is 9.23 Å². The van der Waals surface area contributed by atoms with Gasteiger partial charge in [0, 0.05) is 5.56 Å². The first-order valence-electron chi connectivity index (χ1n) is 7.75. The van der Waals surface area contributed by atoms with E-state index in [1.165, 1.54) is 27.1 Å². The van der Waals surface area contributed by atoms with Crippen molar-refractivity contribution in [2.45, 2.75) is 0 Å². The summed E-state index contributed by atoms with van der Waals surface area (Å²) in [5.74, 6) is 0.992. The van der Waals surface area contributed by atoms with Crippen LogP contribution in [-0.4, -0.2) is 16.1 Å². The van der Waals surface area contributed by atoms with E-state index in [9.17, 15) is 0 Å². The summed E-state index contributed by atoms with van der Waals surface area (Å²) >= 11 is 0. The lowest BCUT2D eigenvalue weighted by atomic mass is 10.0. The molecule has 0 atom stereocenters. The van der Waals surface area contributed by atoms with Crippen molar-refractivity contribution in [3.8, 4) is 5.75 Å². The zero-order chi connectivity index (χ0) is 15.5. The highest BCUT2D eigenvalue weighted by atomic mass is 28.2. The molecule has 0 amide bonds. The van der Waals surface area contributed by atoms with Crippen LogP contribution in [0.25, 0.3) is 22.9 Å². The van der Waals surface area contributed by atoms with Crippen LogP contribution in [0, 0.1) is 0 Å². The summed E-state index contributed by atoms with van der Waals surface area (Å²) in [6.07, 6.45) is 6.38. The van der Waals surface area contributed by atoms with Gasteiger partial charge in [0.2, 0.25) is 0 Å². The zero-order valence-electron chi connectivity index (χ0n) is 12.7. The van der Waals surface area contributed by atoms with Crippen LogP contribution >= 0.6 is 0 Å². The second-order valence-electron chi connectivity index (χ2n) is 5.48. The van der Waals surface area contributed by atoms with Crippen LogP contribution in [0.15, 0.2) is 72.4 Å². The predicted octanol–water partition coefficient (Wildman–Crippen LogP) is 4.25. The van der Waals surface area contributed by atoms with E-state index in [2.05, 4.69) is 78.5 Å². The SMILES string of the molecule is C1=Cc2c(ccc3ccccc23)OC1.C1=Cc2ccccc2[Si]1. The third-order valence-electron chi connectivity index (χ3n) is 4.01. The molecule has 3 aromatic rings. The van der Waals surface area contributed by atoms with Gasteiger partial charge in [0.25, 0.3) is 0 Å². The van der Waals surface area contributed by atoms with Crippen molar-refractivity contribution in [3.05, 3.63) is 83.6 Å². The van der Waals surface area contributed by atoms with E-state index in [1.807, 2.05) is 6.07 Å². The molecule has 2 aliphatic heterocycles. The highest BCUT2D eigenvalue weighted by molar-refractivity contribution is 6.62. The third kappa shape index (κ3) is 2.86. The second-order valence-corrected chi connectivity index (χ2v) is 6.64. The molecule has 0 bridgehead atoms. The van der Waals surface area contributed by atoms with Crippen molar-refractivity contribution in [1.29, 1.82) is 0 Å². The fourth-order valence-electron chi connectivity index (χ4n) is 2.87. The van der Waals surface area contributed by atoms with E-state index in [0.717, 1.165) is 15.3 Å². The van der Waals surface area contributed by atoms with E-state index in [4.69, 9.17) is 4.74 Å². The summed E-state index contributed by atoms with van der Waals surface area (Å²) in [6.45, 7) is 0.686. The summed E-state index contributed by atoms with van der Waals surface area (Å²) in [4.78, 5) is 0. The van der Waals surface area contributed by atoms with Crippen LogP contribution in [0.5, 0.6) is 5.75 Å². The van der Waals surface area contributed by atoms with Gasteiger partial charge in [-0.05, 0) is 28.5 Å². The van der Waals surface area contributed by atoms with Gasteiger partial charge in [-0.2, -0.15) is 0 Å². The number of ether oxygens (including phenoxy) is 1. The molecule has 0 aliphatic carbocycles. The molecule has 2 radical (unpaired) electrons. The van der Waals surface area contributed by atoms with Gasteiger partial charge in [0.1, 0.15) is 21.9 Å². The minimum absolute atomic E-state index is 0.686. The summed E-state index contributed by atoms with van der Waals surface area (Å²) in [7, 11) is 0.899. The number of hydrogen-bond acceptors (Lipinski definition) is 1. The Morgan fingerprint density at radius 1 is 0.826 bits per heavy atom. The molecular formula is C21H16OSi. The van der Waals surface area contributed by atoms with Gasteiger partial charge in [-0.15, -0.1) is 0 Å². The van der Waals surface area contributed by atoms with E-state index < -0.39 is 0 Å². The molecule has 0 spiro atoms. The number of rotatable bonds is 0.